The maximum Gasteiger partial charge on any atom is 0.134 e. The van der Waals surface area contributed by atoms with E-state index in [1.807, 2.05) is 0 Å². The SMILES string of the molecule is CNCC=Cc1c(F)cc(Br)cc1F. The van der Waals surface area contributed by atoms with Crippen LogP contribution in [0.1, 0.15) is 5.56 Å². The Morgan fingerprint density at radius 2 is 1.93 bits per heavy atom. The number of hydrogen-bond acceptors (Lipinski definition) is 1. The highest BCUT2D eigenvalue weighted by Crippen LogP contribution is 2.20. The van der Waals surface area contributed by atoms with Gasteiger partial charge in [-0.25, -0.2) is 8.78 Å². The lowest BCUT2D eigenvalue weighted by Crippen LogP contribution is -2.03. The van der Waals surface area contributed by atoms with Gasteiger partial charge < -0.3 is 5.32 Å². The number of nitrogens with one attached hydrogen (secondary N) is 1. The average Bonchev–Trinajstić information content (AvgIpc) is 2.09. The monoisotopic (exact) mass is 261 g/mol. The molecule has 0 radical (unpaired) electrons. The van der Waals surface area contributed by atoms with Gasteiger partial charge in [0.1, 0.15) is 11.6 Å². The molecule has 0 aliphatic heterocycles. The lowest BCUT2D eigenvalue weighted by atomic mass is 10.2. The summed E-state index contributed by atoms with van der Waals surface area (Å²) >= 11 is 3.01. The highest BCUT2D eigenvalue weighted by Gasteiger charge is 2.06. The molecule has 1 N–H and O–H groups in total. The quantitative estimate of drug-likeness (QED) is 0.883. The molecule has 0 saturated carbocycles. The minimum absolute atomic E-state index is 0.0107. The van der Waals surface area contributed by atoms with E-state index in [1.54, 1.807) is 13.1 Å². The Morgan fingerprint density at radius 1 is 1.36 bits per heavy atom. The van der Waals surface area contributed by atoms with Crippen LogP contribution in [0.25, 0.3) is 6.08 Å². The third-order valence-electron chi connectivity index (χ3n) is 1.65. The van der Waals surface area contributed by atoms with Crippen molar-refractivity contribution in [3.8, 4) is 0 Å². The lowest BCUT2D eigenvalue weighted by Gasteiger charge is -2.00. The number of rotatable bonds is 3. The van der Waals surface area contributed by atoms with Gasteiger partial charge in [-0.2, -0.15) is 0 Å². The van der Waals surface area contributed by atoms with E-state index in [9.17, 15) is 8.78 Å². The van der Waals surface area contributed by atoms with E-state index < -0.39 is 11.6 Å². The molecule has 0 aliphatic carbocycles. The van der Waals surface area contributed by atoms with Crippen molar-refractivity contribution in [1.82, 2.24) is 5.32 Å². The van der Waals surface area contributed by atoms with Gasteiger partial charge in [-0.15, -0.1) is 0 Å². The summed E-state index contributed by atoms with van der Waals surface area (Å²) in [4.78, 5) is 0. The summed E-state index contributed by atoms with van der Waals surface area (Å²) in [5.41, 5.74) is -0.0107. The maximum atomic E-state index is 13.2. The first-order valence-corrected chi connectivity index (χ1v) is 4.90. The number of benzene rings is 1. The second-order valence-electron chi connectivity index (χ2n) is 2.74. The van der Waals surface area contributed by atoms with Crippen molar-refractivity contribution in [3.05, 3.63) is 39.9 Å². The van der Waals surface area contributed by atoms with Crippen LogP contribution < -0.4 is 5.32 Å². The molecular formula is C10H10BrF2N. The molecule has 0 spiro atoms. The van der Waals surface area contributed by atoms with E-state index in [1.165, 1.54) is 18.2 Å². The molecule has 0 amide bonds. The van der Waals surface area contributed by atoms with Crippen LogP contribution >= 0.6 is 15.9 Å². The van der Waals surface area contributed by atoms with E-state index in [4.69, 9.17) is 0 Å². The van der Waals surface area contributed by atoms with Crippen LogP contribution in [0.4, 0.5) is 8.78 Å². The zero-order valence-corrected chi connectivity index (χ0v) is 9.24. The molecular weight excluding hydrogens is 252 g/mol. The lowest BCUT2D eigenvalue weighted by molar-refractivity contribution is 0.577. The van der Waals surface area contributed by atoms with Crippen LogP contribution in [-0.2, 0) is 0 Å². The van der Waals surface area contributed by atoms with Crippen LogP contribution in [0.3, 0.4) is 0 Å². The summed E-state index contributed by atoms with van der Waals surface area (Å²) in [7, 11) is 1.76. The Kier molecular flexibility index (Phi) is 4.22. The topological polar surface area (TPSA) is 12.0 Å². The van der Waals surface area contributed by atoms with Crippen molar-refractivity contribution in [2.45, 2.75) is 0 Å². The van der Waals surface area contributed by atoms with Crippen molar-refractivity contribution >= 4 is 22.0 Å². The molecule has 1 rings (SSSR count). The maximum absolute atomic E-state index is 13.2. The van der Waals surface area contributed by atoms with Gasteiger partial charge in [-0.05, 0) is 19.2 Å². The predicted octanol–water partition coefficient (Wildman–Crippen LogP) is 2.96. The van der Waals surface area contributed by atoms with E-state index in [-0.39, 0.29) is 5.56 Å². The van der Waals surface area contributed by atoms with Crippen molar-refractivity contribution in [2.24, 2.45) is 0 Å². The minimum Gasteiger partial charge on any atom is -0.316 e. The molecule has 1 aromatic rings. The molecule has 0 unspecified atom stereocenters. The molecule has 4 heteroatoms. The van der Waals surface area contributed by atoms with Crippen molar-refractivity contribution < 1.29 is 8.78 Å². The van der Waals surface area contributed by atoms with Gasteiger partial charge in [0, 0.05) is 16.6 Å². The Hall–Kier alpha value is -0.740. The van der Waals surface area contributed by atoms with Gasteiger partial charge >= 0.3 is 0 Å². The van der Waals surface area contributed by atoms with Gasteiger partial charge in [0.25, 0.3) is 0 Å². The largest absolute Gasteiger partial charge is 0.316 e. The Labute approximate surface area is 90.0 Å². The zero-order chi connectivity index (χ0) is 10.6. The van der Waals surface area contributed by atoms with Crippen LogP contribution in [-0.4, -0.2) is 13.6 Å². The summed E-state index contributed by atoms with van der Waals surface area (Å²) in [6.45, 7) is 0.578. The molecule has 0 atom stereocenters. The van der Waals surface area contributed by atoms with Gasteiger partial charge in [0.05, 0.1) is 0 Å². The summed E-state index contributed by atoms with van der Waals surface area (Å²) < 4.78 is 26.8. The minimum atomic E-state index is -0.566. The van der Waals surface area contributed by atoms with Crippen LogP contribution in [0.5, 0.6) is 0 Å². The van der Waals surface area contributed by atoms with Gasteiger partial charge in [-0.1, -0.05) is 28.1 Å². The third kappa shape index (κ3) is 2.89. The molecule has 1 aromatic carbocycles. The van der Waals surface area contributed by atoms with E-state index in [2.05, 4.69) is 21.2 Å². The van der Waals surface area contributed by atoms with Gasteiger partial charge in [-0.3, -0.25) is 0 Å². The Morgan fingerprint density at radius 3 is 2.43 bits per heavy atom. The first-order chi connectivity index (χ1) is 6.65. The second kappa shape index (κ2) is 5.22. The molecule has 0 aromatic heterocycles. The number of likely N-dealkylation sites (N-methyl/N-ethyl adjacent to an activating group) is 1. The molecule has 76 valence electrons. The van der Waals surface area contributed by atoms with E-state index in [0.29, 0.717) is 11.0 Å². The smallest absolute Gasteiger partial charge is 0.134 e. The molecule has 0 bridgehead atoms. The Balaban J connectivity index is 2.96. The highest BCUT2D eigenvalue weighted by molar-refractivity contribution is 9.10. The number of hydrogen-bond donors (Lipinski definition) is 1. The molecule has 0 saturated heterocycles. The fraction of sp³-hybridized carbons (Fsp3) is 0.200. The second-order valence-corrected chi connectivity index (χ2v) is 3.66. The fourth-order valence-corrected chi connectivity index (χ4v) is 1.41. The number of halogens is 3. The summed E-state index contributed by atoms with van der Waals surface area (Å²) in [5, 5.41) is 2.85. The van der Waals surface area contributed by atoms with Crippen molar-refractivity contribution in [2.75, 3.05) is 13.6 Å². The predicted molar refractivity (Wildman–Crippen MR) is 57.0 cm³/mol. The normalized spacial score (nSPS) is 11.1. The van der Waals surface area contributed by atoms with Crippen molar-refractivity contribution in [3.63, 3.8) is 0 Å². The Bertz CT molecular complexity index is 327. The van der Waals surface area contributed by atoms with E-state index in [0.717, 1.165) is 0 Å². The summed E-state index contributed by atoms with van der Waals surface area (Å²) in [5.74, 6) is -1.13. The first kappa shape index (κ1) is 11.3. The average molecular weight is 262 g/mol. The van der Waals surface area contributed by atoms with E-state index >= 15 is 0 Å². The van der Waals surface area contributed by atoms with Crippen LogP contribution in [0.15, 0.2) is 22.7 Å². The third-order valence-corrected chi connectivity index (χ3v) is 2.11. The van der Waals surface area contributed by atoms with Crippen molar-refractivity contribution in [1.29, 1.82) is 0 Å². The van der Waals surface area contributed by atoms with Crippen LogP contribution in [0.2, 0.25) is 0 Å². The summed E-state index contributed by atoms with van der Waals surface area (Å²) in [6.07, 6.45) is 3.09. The molecule has 0 fully saturated rings. The van der Waals surface area contributed by atoms with Gasteiger partial charge in [0.2, 0.25) is 0 Å². The molecule has 0 heterocycles. The summed E-state index contributed by atoms with van der Waals surface area (Å²) in [6, 6.07) is 2.48. The molecule has 14 heavy (non-hydrogen) atoms. The first-order valence-electron chi connectivity index (χ1n) is 4.11. The standard InChI is InChI=1S/C10H10BrF2N/c1-14-4-2-3-8-9(12)5-7(11)6-10(8)13/h2-3,5-6,14H,4H2,1H3. The zero-order valence-electron chi connectivity index (χ0n) is 7.65. The highest BCUT2D eigenvalue weighted by atomic mass is 79.9. The van der Waals surface area contributed by atoms with Gasteiger partial charge in [0.15, 0.2) is 0 Å². The molecule has 1 nitrogen and oxygen atoms in total. The molecule has 0 aliphatic rings. The van der Waals surface area contributed by atoms with Crippen LogP contribution in [0, 0.1) is 11.6 Å². The fourth-order valence-electron chi connectivity index (χ4n) is 1.01.